The number of pyridine rings is 1. The molecular weight excluding hydrogens is 292 g/mol. The molecule has 1 fully saturated rings. The first kappa shape index (κ1) is 15.5. The fourth-order valence-electron chi connectivity index (χ4n) is 3.04. The number of amides is 1. The molecule has 2 heterocycles. The summed E-state index contributed by atoms with van der Waals surface area (Å²) >= 11 is 0. The molecule has 1 aromatic carbocycles. The minimum Gasteiger partial charge on any atom is -0.449 e. The maximum Gasteiger partial charge on any atom is 0.341 e. The number of fused-ring (bicyclic) bond motifs is 1. The van der Waals surface area contributed by atoms with Crippen LogP contribution in [0.25, 0.3) is 10.9 Å². The van der Waals surface area contributed by atoms with Crippen LogP contribution in [0, 0.1) is 13.8 Å². The summed E-state index contributed by atoms with van der Waals surface area (Å²) in [5.74, 6) is -0.680. The molecule has 1 atom stereocenters. The lowest BCUT2D eigenvalue weighted by Gasteiger charge is -2.17. The Morgan fingerprint density at radius 3 is 2.87 bits per heavy atom. The van der Waals surface area contributed by atoms with Crippen molar-refractivity contribution < 1.29 is 14.3 Å². The molecule has 5 nitrogen and oxygen atoms in total. The van der Waals surface area contributed by atoms with Crippen molar-refractivity contribution in [3.63, 3.8) is 0 Å². The molecule has 1 unspecified atom stereocenters. The van der Waals surface area contributed by atoms with Crippen LogP contribution in [0.5, 0.6) is 0 Å². The molecule has 1 aliphatic heterocycles. The van der Waals surface area contributed by atoms with E-state index in [9.17, 15) is 9.59 Å². The summed E-state index contributed by atoms with van der Waals surface area (Å²) in [5, 5.41) is 3.70. The first-order valence-electron chi connectivity index (χ1n) is 7.92. The van der Waals surface area contributed by atoms with Crippen LogP contribution in [0.1, 0.15) is 40.9 Å². The van der Waals surface area contributed by atoms with Crippen LogP contribution >= 0.6 is 0 Å². The van der Waals surface area contributed by atoms with Crippen molar-refractivity contribution >= 4 is 22.8 Å². The zero-order valence-corrected chi connectivity index (χ0v) is 13.4. The van der Waals surface area contributed by atoms with E-state index >= 15 is 0 Å². The average molecular weight is 312 g/mol. The summed E-state index contributed by atoms with van der Waals surface area (Å²) in [6, 6.07) is 7.69. The van der Waals surface area contributed by atoms with Gasteiger partial charge in [-0.05, 0) is 44.7 Å². The van der Waals surface area contributed by atoms with Crippen molar-refractivity contribution in [2.45, 2.75) is 39.2 Å². The van der Waals surface area contributed by atoms with Crippen molar-refractivity contribution in [1.82, 2.24) is 10.3 Å². The Bertz CT molecular complexity index is 770. The Labute approximate surface area is 135 Å². The van der Waals surface area contributed by atoms with E-state index in [1.54, 1.807) is 6.92 Å². The van der Waals surface area contributed by atoms with Crippen LogP contribution in [0.2, 0.25) is 0 Å². The fourth-order valence-corrected chi connectivity index (χ4v) is 3.04. The average Bonchev–Trinajstić information content (AvgIpc) is 2.72. The van der Waals surface area contributed by atoms with Gasteiger partial charge in [-0.25, -0.2) is 4.79 Å². The number of rotatable bonds is 2. The number of carbonyl (C=O) groups excluding carboxylic acids is 2. The van der Waals surface area contributed by atoms with Crippen molar-refractivity contribution in [2.75, 3.05) is 6.54 Å². The molecular formula is C18H20N2O3. The number of nitrogens with one attached hydrogen (secondary N) is 1. The lowest BCUT2D eigenvalue weighted by Crippen LogP contribution is -2.36. The molecule has 1 saturated heterocycles. The highest BCUT2D eigenvalue weighted by Gasteiger charge is 2.27. The highest BCUT2D eigenvalue weighted by atomic mass is 16.5. The number of para-hydroxylation sites is 1. The number of carbonyl (C=O) groups is 2. The lowest BCUT2D eigenvalue weighted by molar-refractivity contribution is -0.129. The Morgan fingerprint density at radius 2 is 2.04 bits per heavy atom. The molecule has 0 radical (unpaired) electrons. The normalized spacial score (nSPS) is 18.3. The van der Waals surface area contributed by atoms with E-state index in [1.165, 1.54) is 0 Å². The van der Waals surface area contributed by atoms with Gasteiger partial charge in [-0.1, -0.05) is 18.2 Å². The SMILES string of the molecule is Cc1nc2ccccc2c(C)c1C(=O)OC1CCCCNC1=O. The van der Waals surface area contributed by atoms with E-state index in [0.717, 1.165) is 29.3 Å². The highest BCUT2D eigenvalue weighted by Crippen LogP contribution is 2.24. The number of hydrogen-bond donors (Lipinski definition) is 1. The third kappa shape index (κ3) is 3.04. The molecule has 23 heavy (non-hydrogen) atoms. The van der Waals surface area contributed by atoms with E-state index < -0.39 is 12.1 Å². The predicted octanol–water partition coefficient (Wildman–Crippen LogP) is 2.68. The Hall–Kier alpha value is -2.43. The van der Waals surface area contributed by atoms with E-state index in [4.69, 9.17) is 4.74 Å². The first-order chi connectivity index (χ1) is 11.1. The third-order valence-electron chi connectivity index (χ3n) is 4.27. The summed E-state index contributed by atoms with van der Waals surface area (Å²) in [4.78, 5) is 29.1. The molecule has 0 saturated carbocycles. The second-order valence-electron chi connectivity index (χ2n) is 5.90. The second kappa shape index (κ2) is 6.36. The number of nitrogens with zero attached hydrogens (tertiary/aromatic N) is 1. The van der Waals surface area contributed by atoms with E-state index in [-0.39, 0.29) is 5.91 Å². The molecule has 3 rings (SSSR count). The predicted molar refractivity (Wildman–Crippen MR) is 87.3 cm³/mol. The van der Waals surface area contributed by atoms with Crippen LogP contribution < -0.4 is 5.32 Å². The number of benzene rings is 1. The van der Waals surface area contributed by atoms with Gasteiger partial charge in [-0.2, -0.15) is 0 Å². The molecule has 0 spiro atoms. The summed E-state index contributed by atoms with van der Waals surface area (Å²) in [6.45, 7) is 4.33. The van der Waals surface area contributed by atoms with Crippen LogP contribution in [0.4, 0.5) is 0 Å². The summed E-state index contributed by atoms with van der Waals surface area (Å²) < 4.78 is 5.49. The monoisotopic (exact) mass is 312 g/mol. The zero-order chi connectivity index (χ0) is 16.4. The first-order valence-corrected chi connectivity index (χ1v) is 7.92. The number of aromatic nitrogens is 1. The second-order valence-corrected chi connectivity index (χ2v) is 5.90. The van der Waals surface area contributed by atoms with Gasteiger partial charge < -0.3 is 10.1 Å². The van der Waals surface area contributed by atoms with Gasteiger partial charge in [0.1, 0.15) is 0 Å². The van der Waals surface area contributed by atoms with Gasteiger partial charge in [0.25, 0.3) is 5.91 Å². The number of ether oxygens (including phenoxy) is 1. The van der Waals surface area contributed by atoms with E-state index in [2.05, 4.69) is 10.3 Å². The van der Waals surface area contributed by atoms with Gasteiger partial charge in [0.2, 0.25) is 0 Å². The quantitative estimate of drug-likeness (QED) is 0.866. The Morgan fingerprint density at radius 1 is 1.26 bits per heavy atom. The molecule has 0 aliphatic carbocycles. The van der Waals surface area contributed by atoms with E-state index in [1.807, 2.05) is 31.2 Å². The molecule has 1 aliphatic rings. The minimum absolute atomic E-state index is 0.208. The molecule has 2 aromatic rings. The van der Waals surface area contributed by atoms with Crippen molar-refractivity contribution in [2.24, 2.45) is 0 Å². The maximum absolute atomic E-state index is 12.6. The van der Waals surface area contributed by atoms with Crippen LogP contribution in [0.15, 0.2) is 24.3 Å². The highest BCUT2D eigenvalue weighted by molar-refractivity contribution is 5.99. The largest absolute Gasteiger partial charge is 0.449 e. The van der Waals surface area contributed by atoms with Crippen LogP contribution in [-0.2, 0) is 9.53 Å². The number of esters is 1. The van der Waals surface area contributed by atoms with Gasteiger partial charge in [-0.15, -0.1) is 0 Å². The zero-order valence-electron chi connectivity index (χ0n) is 13.4. The molecule has 1 N–H and O–H groups in total. The maximum atomic E-state index is 12.6. The van der Waals surface area contributed by atoms with Gasteiger partial charge in [0.05, 0.1) is 16.8 Å². The Kier molecular flexibility index (Phi) is 4.28. The van der Waals surface area contributed by atoms with Crippen LogP contribution in [-0.4, -0.2) is 29.5 Å². The fraction of sp³-hybridized carbons (Fsp3) is 0.389. The minimum atomic E-state index is -0.713. The Balaban J connectivity index is 1.93. The third-order valence-corrected chi connectivity index (χ3v) is 4.27. The molecule has 5 heteroatoms. The molecule has 120 valence electrons. The summed E-state index contributed by atoms with van der Waals surface area (Å²) in [6.07, 6.45) is 1.63. The van der Waals surface area contributed by atoms with Crippen molar-refractivity contribution in [1.29, 1.82) is 0 Å². The number of hydrogen-bond acceptors (Lipinski definition) is 4. The van der Waals surface area contributed by atoms with Crippen molar-refractivity contribution in [3.8, 4) is 0 Å². The smallest absolute Gasteiger partial charge is 0.341 e. The van der Waals surface area contributed by atoms with Gasteiger partial charge >= 0.3 is 5.97 Å². The topological polar surface area (TPSA) is 68.3 Å². The van der Waals surface area contributed by atoms with Crippen LogP contribution in [0.3, 0.4) is 0 Å². The van der Waals surface area contributed by atoms with Gasteiger partial charge in [0.15, 0.2) is 6.10 Å². The summed E-state index contributed by atoms with van der Waals surface area (Å²) in [5.41, 5.74) is 2.78. The van der Waals surface area contributed by atoms with Gasteiger partial charge in [-0.3, -0.25) is 9.78 Å². The summed E-state index contributed by atoms with van der Waals surface area (Å²) in [7, 11) is 0. The number of aryl methyl sites for hydroxylation is 2. The van der Waals surface area contributed by atoms with Gasteiger partial charge in [0, 0.05) is 11.9 Å². The molecule has 0 bridgehead atoms. The van der Waals surface area contributed by atoms with E-state index in [0.29, 0.717) is 24.2 Å². The van der Waals surface area contributed by atoms with Crippen molar-refractivity contribution in [3.05, 3.63) is 41.1 Å². The molecule has 1 amide bonds. The molecule has 1 aromatic heterocycles. The lowest BCUT2D eigenvalue weighted by atomic mass is 10.0. The standard InChI is InChI=1S/C18H20N2O3/c1-11-13-7-3-4-8-14(13)20-12(2)16(11)18(22)23-15-9-5-6-10-19-17(15)21/h3-4,7-8,15H,5-6,9-10H2,1-2H3,(H,19,21).